The fraction of sp³-hybridized carbons (Fsp3) is 0.100. The van der Waals surface area contributed by atoms with E-state index in [2.05, 4.69) is 6.58 Å². The Kier molecular flexibility index (Phi) is 2.85. The summed E-state index contributed by atoms with van der Waals surface area (Å²) in [4.78, 5) is 25.9. The van der Waals surface area contributed by atoms with Crippen LogP contribution in [0, 0.1) is 6.92 Å². The number of aryl methyl sites for hydroxylation is 1. The Morgan fingerprint density at radius 1 is 1.04 bits per heavy atom. The minimum absolute atomic E-state index is 0.0576. The summed E-state index contributed by atoms with van der Waals surface area (Å²) in [7, 11) is 0. The van der Waals surface area contributed by atoms with Gasteiger partial charge in [-0.15, -0.1) is 6.58 Å². The van der Waals surface area contributed by atoms with Gasteiger partial charge in [0, 0.05) is 23.1 Å². The first-order chi connectivity index (χ1) is 11.1. The lowest BCUT2D eigenvalue weighted by Crippen LogP contribution is -2.22. The maximum Gasteiger partial charge on any atom is 0.259 e. The third kappa shape index (κ3) is 1.77. The van der Waals surface area contributed by atoms with E-state index in [4.69, 9.17) is 0 Å². The van der Waals surface area contributed by atoms with Crippen molar-refractivity contribution in [2.45, 2.75) is 13.5 Å². The number of nitrogens with zero attached hydrogens (tertiary/aromatic N) is 1. The number of fused-ring (bicyclic) bond motifs is 5. The molecule has 2 aromatic carbocycles. The highest BCUT2D eigenvalue weighted by atomic mass is 16.1. The monoisotopic (exact) mass is 301 g/mol. The molecule has 0 amide bonds. The smallest absolute Gasteiger partial charge is 0.259 e. The van der Waals surface area contributed by atoms with E-state index in [-0.39, 0.29) is 11.3 Å². The lowest BCUT2D eigenvalue weighted by atomic mass is 10.0. The van der Waals surface area contributed by atoms with Crippen LogP contribution in [0.15, 0.2) is 59.9 Å². The van der Waals surface area contributed by atoms with E-state index in [1.54, 1.807) is 10.6 Å². The second kappa shape index (κ2) is 4.78. The number of aromatic nitrogens is 1. The quantitative estimate of drug-likeness (QED) is 0.529. The van der Waals surface area contributed by atoms with E-state index in [1.165, 1.54) is 0 Å². The standard InChI is InChI=1S/C20H15NO2/c1-3-10-21-16-7-5-4-6-14(16)17-18(20(21)23)13-9-8-12(2)11-15(13)19(17)22/h3-9,11H,1,10H2,2H3. The summed E-state index contributed by atoms with van der Waals surface area (Å²) in [5, 5.41) is 0.822. The molecule has 0 fully saturated rings. The molecule has 23 heavy (non-hydrogen) atoms. The van der Waals surface area contributed by atoms with Gasteiger partial charge in [0.15, 0.2) is 5.78 Å². The molecule has 1 aliphatic rings. The van der Waals surface area contributed by atoms with E-state index >= 15 is 0 Å². The zero-order valence-electron chi connectivity index (χ0n) is 12.8. The Hall–Kier alpha value is -2.94. The van der Waals surface area contributed by atoms with Crippen molar-refractivity contribution in [3.05, 3.63) is 82.2 Å². The van der Waals surface area contributed by atoms with Crippen LogP contribution >= 0.6 is 0 Å². The van der Waals surface area contributed by atoms with Crippen LogP contribution in [0.5, 0.6) is 0 Å². The third-order valence-corrected chi connectivity index (χ3v) is 4.40. The maximum atomic E-state index is 13.0. The van der Waals surface area contributed by atoms with Crippen molar-refractivity contribution in [3.63, 3.8) is 0 Å². The summed E-state index contributed by atoms with van der Waals surface area (Å²) in [5.74, 6) is -0.0576. The van der Waals surface area contributed by atoms with E-state index in [0.717, 1.165) is 22.0 Å². The van der Waals surface area contributed by atoms with Crippen molar-refractivity contribution in [2.75, 3.05) is 0 Å². The van der Waals surface area contributed by atoms with Crippen molar-refractivity contribution in [3.8, 4) is 11.1 Å². The van der Waals surface area contributed by atoms with Gasteiger partial charge in [0.25, 0.3) is 5.56 Å². The van der Waals surface area contributed by atoms with Crippen LogP contribution in [0.25, 0.3) is 22.0 Å². The highest BCUT2D eigenvalue weighted by Crippen LogP contribution is 2.38. The van der Waals surface area contributed by atoms with Gasteiger partial charge in [-0.2, -0.15) is 0 Å². The summed E-state index contributed by atoms with van der Waals surface area (Å²) in [5.41, 5.74) is 4.07. The molecular formula is C20H15NO2. The van der Waals surface area contributed by atoms with E-state index in [0.29, 0.717) is 23.2 Å². The topological polar surface area (TPSA) is 39.1 Å². The van der Waals surface area contributed by atoms with Crippen molar-refractivity contribution in [2.24, 2.45) is 0 Å². The van der Waals surface area contributed by atoms with Crippen molar-refractivity contribution < 1.29 is 4.79 Å². The Morgan fingerprint density at radius 3 is 2.61 bits per heavy atom. The molecule has 1 aromatic heterocycles. The molecule has 3 aromatic rings. The van der Waals surface area contributed by atoms with E-state index < -0.39 is 0 Å². The number of pyridine rings is 1. The first-order valence-corrected chi connectivity index (χ1v) is 7.55. The number of hydrogen-bond donors (Lipinski definition) is 0. The third-order valence-electron chi connectivity index (χ3n) is 4.40. The Balaban J connectivity index is 2.22. The van der Waals surface area contributed by atoms with Gasteiger partial charge >= 0.3 is 0 Å². The second-order valence-corrected chi connectivity index (χ2v) is 5.85. The number of carbonyl (C=O) groups is 1. The minimum Gasteiger partial charge on any atom is -0.304 e. The van der Waals surface area contributed by atoms with Crippen molar-refractivity contribution in [1.82, 2.24) is 4.57 Å². The fourth-order valence-electron chi connectivity index (χ4n) is 3.40. The molecule has 4 rings (SSSR count). The molecule has 0 atom stereocenters. The molecule has 0 bridgehead atoms. The Morgan fingerprint density at radius 2 is 1.83 bits per heavy atom. The summed E-state index contributed by atoms with van der Waals surface area (Å²) >= 11 is 0. The Bertz CT molecular complexity index is 1060. The van der Waals surface area contributed by atoms with Gasteiger partial charge in [-0.1, -0.05) is 42.0 Å². The van der Waals surface area contributed by atoms with E-state index in [9.17, 15) is 9.59 Å². The summed E-state index contributed by atoms with van der Waals surface area (Å²) in [6.07, 6.45) is 1.70. The molecule has 0 saturated heterocycles. The fourth-order valence-corrected chi connectivity index (χ4v) is 3.40. The molecule has 3 nitrogen and oxygen atoms in total. The minimum atomic E-state index is -0.130. The first kappa shape index (κ1) is 13.7. The van der Waals surface area contributed by atoms with Crippen molar-refractivity contribution >= 4 is 16.7 Å². The maximum absolute atomic E-state index is 13.0. The molecule has 112 valence electrons. The molecule has 0 saturated carbocycles. The second-order valence-electron chi connectivity index (χ2n) is 5.85. The number of rotatable bonds is 2. The SMILES string of the molecule is C=CCn1c(=O)c2c(c3ccccc31)C(=O)c1cc(C)ccc1-2. The highest BCUT2D eigenvalue weighted by Gasteiger charge is 2.32. The predicted octanol–water partition coefficient (Wildman–Crippen LogP) is 3.71. The molecular weight excluding hydrogens is 286 g/mol. The zero-order chi connectivity index (χ0) is 16.1. The van der Waals surface area contributed by atoms with Gasteiger partial charge in [0.05, 0.1) is 11.1 Å². The van der Waals surface area contributed by atoms with Gasteiger partial charge < -0.3 is 4.57 Å². The molecule has 0 unspecified atom stereocenters. The Labute approximate surface area is 133 Å². The largest absolute Gasteiger partial charge is 0.304 e. The number of carbonyl (C=O) groups excluding carboxylic acids is 1. The number of benzene rings is 2. The molecule has 3 heteroatoms. The van der Waals surface area contributed by atoms with Crippen molar-refractivity contribution in [1.29, 1.82) is 0 Å². The number of allylic oxidation sites excluding steroid dienone is 1. The van der Waals surface area contributed by atoms with E-state index in [1.807, 2.05) is 49.4 Å². The predicted molar refractivity (Wildman–Crippen MR) is 92.0 cm³/mol. The number of ketones is 1. The zero-order valence-corrected chi connectivity index (χ0v) is 12.8. The summed E-state index contributed by atoms with van der Waals surface area (Å²) in [6.45, 7) is 6.11. The lowest BCUT2D eigenvalue weighted by molar-refractivity contribution is 0.104. The van der Waals surface area contributed by atoms with Gasteiger partial charge in [-0.3, -0.25) is 9.59 Å². The van der Waals surface area contributed by atoms with Crippen LogP contribution in [-0.4, -0.2) is 10.4 Å². The highest BCUT2D eigenvalue weighted by molar-refractivity contribution is 6.27. The van der Waals surface area contributed by atoms with Gasteiger partial charge in [-0.05, 0) is 24.6 Å². The molecule has 0 spiro atoms. The number of hydrogen-bond acceptors (Lipinski definition) is 2. The summed E-state index contributed by atoms with van der Waals surface area (Å²) < 4.78 is 1.68. The van der Waals surface area contributed by atoms with Crippen LogP contribution in [0.3, 0.4) is 0 Å². The average Bonchev–Trinajstić information content (AvgIpc) is 2.84. The lowest BCUT2D eigenvalue weighted by Gasteiger charge is -2.12. The molecule has 0 aliphatic heterocycles. The molecule has 1 heterocycles. The van der Waals surface area contributed by atoms with Crippen LogP contribution in [0.2, 0.25) is 0 Å². The van der Waals surface area contributed by atoms with Crippen LogP contribution in [0.1, 0.15) is 21.5 Å². The van der Waals surface area contributed by atoms with Crippen LogP contribution < -0.4 is 5.56 Å². The first-order valence-electron chi connectivity index (χ1n) is 7.55. The van der Waals surface area contributed by atoms with Crippen LogP contribution in [-0.2, 0) is 6.54 Å². The van der Waals surface area contributed by atoms with Gasteiger partial charge in [0.2, 0.25) is 0 Å². The normalized spacial score (nSPS) is 12.3. The van der Waals surface area contributed by atoms with Crippen LogP contribution in [0.4, 0.5) is 0 Å². The van der Waals surface area contributed by atoms with Gasteiger partial charge in [-0.25, -0.2) is 0 Å². The molecule has 0 radical (unpaired) electrons. The van der Waals surface area contributed by atoms with Gasteiger partial charge in [0.1, 0.15) is 0 Å². The number of para-hydroxylation sites is 1. The molecule has 1 aliphatic carbocycles. The molecule has 0 N–H and O–H groups in total. The summed E-state index contributed by atoms with van der Waals surface area (Å²) in [6, 6.07) is 13.2. The average molecular weight is 301 g/mol.